The number of benzene rings is 1. The third-order valence-corrected chi connectivity index (χ3v) is 4.55. The lowest BCUT2D eigenvalue weighted by molar-refractivity contribution is -0.126. The van der Waals surface area contributed by atoms with Crippen LogP contribution >= 0.6 is 11.3 Å². The van der Waals surface area contributed by atoms with E-state index in [-0.39, 0.29) is 11.7 Å². The summed E-state index contributed by atoms with van der Waals surface area (Å²) in [7, 11) is 0. The van der Waals surface area contributed by atoms with E-state index in [1.54, 1.807) is 29.5 Å². The second kappa shape index (κ2) is 6.75. The van der Waals surface area contributed by atoms with Gasteiger partial charge in [0.25, 0.3) is 0 Å². The summed E-state index contributed by atoms with van der Waals surface area (Å²) in [5.41, 5.74) is 1.00. The van der Waals surface area contributed by atoms with E-state index < -0.39 is 0 Å². The van der Waals surface area contributed by atoms with Gasteiger partial charge in [-0.15, -0.1) is 11.3 Å². The molecule has 1 amide bonds. The van der Waals surface area contributed by atoms with Crippen molar-refractivity contribution in [2.75, 3.05) is 31.1 Å². The first kappa shape index (κ1) is 14.8. The van der Waals surface area contributed by atoms with E-state index in [1.165, 1.54) is 12.1 Å². The Morgan fingerprint density at radius 1 is 1.09 bits per heavy atom. The maximum absolute atomic E-state index is 12.9. The van der Waals surface area contributed by atoms with Gasteiger partial charge < -0.3 is 9.80 Å². The van der Waals surface area contributed by atoms with Crippen LogP contribution in [-0.2, 0) is 4.79 Å². The molecule has 0 radical (unpaired) electrons. The molecule has 1 aromatic heterocycles. The zero-order valence-corrected chi connectivity index (χ0v) is 12.9. The summed E-state index contributed by atoms with van der Waals surface area (Å²) in [5, 5.41) is 1.99. The Balaban J connectivity index is 1.55. The molecule has 0 unspecified atom stereocenters. The average Bonchev–Trinajstić information content (AvgIpc) is 3.07. The van der Waals surface area contributed by atoms with Gasteiger partial charge in [-0.1, -0.05) is 6.07 Å². The standard InChI is InChI=1S/C17H17FN2OS/c18-14-3-5-15(6-4-14)19-9-11-20(12-10-19)17(21)8-7-16-2-1-13-22-16/h1-8,13H,9-12H2. The number of nitrogens with zero attached hydrogens (tertiary/aromatic N) is 2. The van der Waals surface area contributed by atoms with Crippen molar-refractivity contribution in [3.8, 4) is 0 Å². The number of hydrogen-bond acceptors (Lipinski definition) is 3. The van der Waals surface area contributed by atoms with Crippen LogP contribution in [0.1, 0.15) is 4.88 Å². The summed E-state index contributed by atoms with van der Waals surface area (Å²) >= 11 is 1.61. The molecule has 0 saturated carbocycles. The third-order valence-electron chi connectivity index (χ3n) is 3.72. The summed E-state index contributed by atoms with van der Waals surface area (Å²) in [6, 6.07) is 10.5. The Morgan fingerprint density at radius 2 is 1.82 bits per heavy atom. The van der Waals surface area contributed by atoms with Crippen molar-refractivity contribution >= 4 is 29.0 Å². The van der Waals surface area contributed by atoms with Gasteiger partial charge in [0.2, 0.25) is 5.91 Å². The minimum atomic E-state index is -0.226. The summed E-state index contributed by atoms with van der Waals surface area (Å²) < 4.78 is 12.9. The Hall–Kier alpha value is -2.14. The van der Waals surface area contributed by atoms with Gasteiger partial charge in [-0.05, 0) is 41.8 Å². The van der Waals surface area contributed by atoms with E-state index >= 15 is 0 Å². The Kier molecular flexibility index (Phi) is 4.53. The lowest BCUT2D eigenvalue weighted by Crippen LogP contribution is -2.48. The maximum Gasteiger partial charge on any atom is 0.246 e. The van der Waals surface area contributed by atoms with Gasteiger partial charge in [0.1, 0.15) is 5.82 Å². The number of anilines is 1. The molecule has 0 bridgehead atoms. The summed E-state index contributed by atoms with van der Waals surface area (Å²) in [6.45, 7) is 2.91. The van der Waals surface area contributed by atoms with Crippen molar-refractivity contribution in [3.05, 3.63) is 58.5 Å². The Morgan fingerprint density at radius 3 is 2.45 bits per heavy atom. The fourth-order valence-corrected chi connectivity index (χ4v) is 3.10. The van der Waals surface area contributed by atoms with E-state index in [0.29, 0.717) is 13.1 Å². The molecule has 1 aromatic carbocycles. The monoisotopic (exact) mass is 316 g/mol. The fraction of sp³-hybridized carbons (Fsp3) is 0.235. The quantitative estimate of drug-likeness (QED) is 0.812. The molecule has 22 heavy (non-hydrogen) atoms. The molecule has 0 aliphatic carbocycles. The lowest BCUT2D eigenvalue weighted by atomic mass is 10.2. The van der Waals surface area contributed by atoms with Crippen LogP contribution in [0.2, 0.25) is 0 Å². The average molecular weight is 316 g/mol. The van der Waals surface area contributed by atoms with E-state index in [2.05, 4.69) is 4.90 Å². The second-order valence-electron chi connectivity index (χ2n) is 5.14. The first-order chi connectivity index (χ1) is 10.7. The largest absolute Gasteiger partial charge is 0.368 e. The van der Waals surface area contributed by atoms with E-state index in [1.807, 2.05) is 28.5 Å². The van der Waals surface area contributed by atoms with Gasteiger partial charge in [0, 0.05) is 42.8 Å². The van der Waals surface area contributed by atoms with Crippen LogP contribution < -0.4 is 4.90 Å². The molecule has 114 valence electrons. The van der Waals surface area contributed by atoms with E-state index in [4.69, 9.17) is 0 Å². The Labute approximate surface area is 133 Å². The molecule has 2 heterocycles. The van der Waals surface area contributed by atoms with Crippen LogP contribution in [0.25, 0.3) is 6.08 Å². The molecule has 5 heteroatoms. The summed E-state index contributed by atoms with van der Waals surface area (Å²) in [5.74, 6) is -0.177. The van der Waals surface area contributed by atoms with Crippen LogP contribution in [0.15, 0.2) is 47.9 Å². The minimum Gasteiger partial charge on any atom is -0.368 e. The highest BCUT2D eigenvalue weighted by Crippen LogP contribution is 2.17. The van der Waals surface area contributed by atoms with Gasteiger partial charge in [0.15, 0.2) is 0 Å². The number of rotatable bonds is 3. The van der Waals surface area contributed by atoms with Crippen molar-refractivity contribution < 1.29 is 9.18 Å². The molecule has 2 aromatic rings. The highest BCUT2D eigenvalue weighted by atomic mass is 32.1. The molecule has 3 nitrogen and oxygen atoms in total. The minimum absolute atomic E-state index is 0.0483. The number of piperazine rings is 1. The predicted octanol–water partition coefficient (Wildman–Crippen LogP) is 3.25. The van der Waals surface area contributed by atoms with Crippen LogP contribution in [0.4, 0.5) is 10.1 Å². The van der Waals surface area contributed by atoms with Crippen molar-refractivity contribution in [2.45, 2.75) is 0 Å². The van der Waals surface area contributed by atoms with Crippen LogP contribution in [0.5, 0.6) is 0 Å². The summed E-state index contributed by atoms with van der Waals surface area (Å²) in [4.78, 5) is 17.3. The first-order valence-electron chi connectivity index (χ1n) is 7.23. The molecule has 1 aliphatic rings. The normalized spacial score (nSPS) is 15.5. The maximum atomic E-state index is 12.9. The Bertz CT molecular complexity index is 644. The zero-order valence-electron chi connectivity index (χ0n) is 12.1. The topological polar surface area (TPSA) is 23.6 Å². The SMILES string of the molecule is O=C(C=Cc1cccs1)N1CCN(c2ccc(F)cc2)CC1. The number of hydrogen-bond donors (Lipinski definition) is 0. The predicted molar refractivity (Wildman–Crippen MR) is 88.5 cm³/mol. The lowest BCUT2D eigenvalue weighted by Gasteiger charge is -2.35. The van der Waals surface area contributed by atoms with Gasteiger partial charge in [-0.3, -0.25) is 4.79 Å². The van der Waals surface area contributed by atoms with Gasteiger partial charge >= 0.3 is 0 Å². The first-order valence-corrected chi connectivity index (χ1v) is 8.11. The molecule has 0 spiro atoms. The molecule has 1 fully saturated rings. The number of amides is 1. The molecular formula is C17H17FN2OS. The molecule has 1 saturated heterocycles. The van der Waals surface area contributed by atoms with Crippen LogP contribution in [-0.4, -0.2) is 37.0 Å². The number of carbonyl (C=O) groups is 1. The molecule has 3 rings (SSSR count). The van der Waals surface area contributed by atoms with Crippen molar-refractivity contribution in [3.63, 3.8) is 0 Å². The van der Waals surface area contributed by atoms with Gasteiger partial charge in [-0.2, -0.15) is 0 Å². The third kappa shape index (κ3) is 3.54. The van der Waals surface area contributed by atoms with E-state index in [0.717, 1.165) is 23.7 Å². The number of thiophene rings is 1. The van der Waals surface area contributed by atoms with Crippen LogP contribution in [0.3, 0.4) is 0 Å². The van der Waals surface area contributed by atoms with Crippen molar-refractivity contribution in [1.29, 1.82) is 0 Å². The smallest absolute Gasteiger partial charge is 0.246 e. The molecular weight excluding hydrogens is 299 g/mol. The molecule has 1 aliphatic heterocycles. The van der Waals surface area contributed by atoms with Crippen molar-refractivity contribution in [2.24, 2.45) is 0 Å². The van der Waals surface area contributed by atoms with Crippen molar-refractivity contribution in [1.82, 2.24) is 4.90 Å². The number of carbonyl (C=O) groups excluding carboxylic acids is 1. The van der Waals surface area contributed by atoms with Gasteiger partial charge in [-0.25, -0.2) is 4.39 Å². The summed E-state index contributed by atoms with van der Waals surface area (Å²) in [6.07, 6.45) is 3.50. The van der Waals surface area contributed by atoms with Crippen LogP contribution in [0, 0.1) is 5.82 Å². The number of halogens is 1. The zero-order chi connectivity index (χ0) is 15.4. The van der Waals surface area contributed by atoms with Gasteiger partial charge in [0.05, 0.1) is 0 Å². The highest BCUT2D eigenvalue weighted by molar-refractivity contribution is 7.10. The van der Waals surface area contributed by atoms with E-state index in [9.17, 15) is 9.18 Å². The fourth-order valence-electron chi connectivity index (χ4n) is 2.48. The molecule has 0 atom stereocenters. The molecule has 0 N–H and O–H groups in total. The second-order valence-corrected chi connectivity index (χ2v) is 6.12. The highest BCUT2D eigenvalue weighted by Gasteiger charge is 2.19.